The molecular formula is C19H15Br2NO4S. The van der Waals surface area contributed by atoms with Gasteiger partial charge in [0.25, 0.3) is 11.1 Å². The minimum Gasteiger partial charge on any atom is -0.494 e. The van der Waals surface area contributed by atoms with Crippen molar-refractivity contribution in [2.75, 3.05) is 20.3 Å². The number of benzene rings is 2. The quantitative estimate of drug-likeness (QED) is 0.489. The number of hydrogen-bond acceptors (Lipinski definition) is 5. The Kier molecular flexibility index (Phi) is 6.62. The predicted molar refractivity (Wildman–Crippen MR) is 113 cm³/mol. The Morgan fingerprint density at radius 3 is 2.41 bits per heavy atom. The van der Waals surface area contributed by atoms with E-state index in [-0.39, 0.29) is 24.3 Å². The van der Waals surface area contributed by atoms with Crippen LogP contribution < -0.4 is 9.47 Å². The molecule has 1 fully saturated rings. The normalized spacial score (nSPS) is 15.5. The Morgan fingerprint density at radius 2 is 1.78 bits per heavy atom. The Hall–Kier alpha value is -1.77. The third kappa shape index (κ3) is 4.75. The highest BCUT2D eigenvalue weighted by Crippen LogP contribution is 2.37. The highest BCUT2D eigenvalue weighted by Gasteiger charge is 2.34. The molecule has 1 saturated heterocycles. The minimum atomic E-state index is -0.315. The number of nitrogens with zero attached hydrogens (tertiary/aromatic N) is 1. The zero-order valence-electron chi connectivity index (χ0n) is 14.3. The van der Waals surface area contributed by atoms with Crippen molar-refractivity contribution >= 4 is 60.8 Å². The molecule has 2 aromatic carbocycles. The second-order valence-corrected chi connectivity index (χ2v) is 8.21. The standard InChI is InChI=1S/C19H15Br2NO4S/c1-25-17-14(20)9-12(10-15(17)21)11-16-18(23)22(19(24)27-16)7-8-26-13-5-3-2-4-6-13/h2-6,9-11H,7-8H2,1H3/b16-11-. The fourth-order valence-electron chi connectivity index (χ4n) is 2.47. The van der Waals surface area contributed by atoms with Crippen molar-refractivity contribution in [1.82, 2.24) is 4.90 Å². The fraction of sp³-hybridized carbons (Fsp3) is 0.158. The van der Waals surface area contributed by atoms with E-state index < -0.39 is 0 Å². The Balaban J connectivity index is 1.69. The molecule has 0 aromatic heterocycles. The van der Waals surface area contributed by atoms with Gasteiger partial charge in [-0.25, -0.2) is 0 Å². The monoisotopic (exact) mass is 511 g/mol. The number of thioether (sulfide) groups is 1. The molecule has 0 saturated carbocycles. The molecule has 27 heavy (non-hydrogen) atoms. The number of ether oxygens (including phenoxy) is 2. The lowest BCUT2D eigenvalue weighted by Gasteiger charge is -2.13. The summed E-state index contributed by atoms with van der Waals surface area (Å²) in [4.78, 5) is 26.3. The van der Waals surface area contributed by atoms with Gasteiger partial charge < -0.3 is 9.47 Å². The van der Waals surface area contributed by atoms with E-state index in [2.05, 4.69) is 31.9 Å². The average Bonchev–Trinajstić information content (AvgIpc) is 2.90. The van der Waals surface area contributed by atoms with Crippen LogP contribution >= 0.6 is 43.6 Å². The van der Waals surface area contributed by atoms with Crippen LogP contribution in [0.25, 0.3) is 6.08 Å². The van der Waals surface area contributed by atoms with E-state index in [1.165, 1.54) is 4.90 Å². The topological polar surface area (TPSA) is 55.8 Å². The predicted octanol–water partition coefficient (Wildman–Crippen LogP) is 5.34. The third-order valence-electron chi connectivity index (χ3n) is 3.72. The number of methoxy groups -OCH3 is 1. The van der Waals surface area contributed by atoms with E-state index in [1.807, 2.05) is 42.5 Å². The van der Waals surface area contributed by atoms with Crippen molar-refractivity contribution in [3.63, 3.8) is 0 Å². The summed E-state index contributed by atoms with van der Waals surface area (Å²) in [5, 5.41) is -0.297. The first-order chi connectivity index (χ1) is 13.0. The van der Waals surface area contributed by atoms with E-state index in [0.29, 0.717) is 16.4 Å². The van der Waals surface area contributed by atoms with Crippen LogP contribution in [0, 0.1) is 0 Å². The lowest BCUT2D eigenvalue weighted by atomic mass is 10.2. The van der Waals surface area contributed by atoms with Crippen LogP contribution in [-0.4, -0.2) is 36.3 Å². The van der Waals surface area contributed by atoms with E-state index in [4.69, 9.17) is 9.47 Å². The highest BCUT2D eigenvalue weighted by atomic mass is 79.9. The van der Waals surface area contributed by atoms with E-state index in [0.717, 1.165) is 26.3 Å². The summed E-state index contributed by atoms with van der Waals surface area (Å²) >= 11 is 7.79. The minimum absolute atomic E-state index is 0.201. The van der Waals surface area contributed by atoms with Gasteiger partial charge in [0, 0.05) is 0 Å². The van der Waals surface area contributed by atoms with Crippen molar-refractivity contribution in [3.8, 4) is 11.5 Å². The number of imide groups is 1. The summed E-state index contributed by atoms with van der Waals surface area (Å²) in [6.45, 7) is 0.446. The SMILES string of the molecule is COc1c(Br)cc(/C=C2\SC(=O)N(CCOc3ccccc3)C2=O)cc1Br. The summed E-state index contributed by atoms with van der Waals surface area (Å²) < 4.78 is 12.3. The number of para-hydroxylation sites is 1. The van der Waals surface area contributed by atoms with Gasteiger partial charge in [-0.15, -0.1) is 0 Å². The molecule has 1 aliphatic rings. The molecule has 140 valence electrons. The second-order valence-electron chi connectivity index (χ2n) is 5.51. The number of rotatable bonds is 6. The van der Waals surface area contributed by atoms with E-state index in [9.17, 15) is 9.59 Å². The first-order valence-electron chi connectivity index (χ1n) is 7.96. The van der Waals surface area contributed by atoms with Crippen LogP contribution in [0.4, 0.5) is 4.79 Å². The number of carbonyl (C=O) groups is 2. The number of halogens is 2. The molecule has 0 aliphatic carbocycles. The smallest absolute Gasteiger partial charge is 0.293 e. The molecular weight excluding hydrogens is 498 g/mol. The third-order valence-corrected chi connectivity index (χ3v) is 5.81. The first kappa shape index (κ1) is 20.0. The lowest BCUT2D eigenvalue weighted by Crippen LogP contribution is -2.32. The van der Waals surface area contributed by atoms with Gasteiger partial charge in [0.15, 0.2) is 0 Å². The summed E-state index contributed by atoms with van der Waals surface area (Å²) in [6, 6.07) is 12.9. The highest BCUT2D eigenvalue weighted by molar-refractivity contribution is 9.11. The zero-order chi connectivity index (χ0) is 19.4. The van der Waals surface area contributed by atoms with Crippen molar-refractivity contribution in [2.45, 2.75) is 0 Å². The maximum absolute atomic E-state index is 12.6. The van der Waals surface area contributed by atoms with Crippen LogP contribution in [0.5, 0.6) is 11.5 Å². The second kappa shape index (κ2) is 8.95. The first-order valence-corrected chi connectivity index (χ1v) is 10.4. The van der Waals surface area contributed by atoms with Gasteiger partial charge in [-0.05, 0) is 79.5 Å². The van der Waals surface area contributed by atoms with Crippen molar-refractivity contribution in [2.24, 2.45) is 0 Å². The number of carbonyl (C=O) groups excluding carboxylic acids is 2. The summed E-state index contributed by atoms with van der Waals surface area (Å²) in [5.74, 6) is 1.05. The molecule has 0 bridgehead atoms. The zero-order valence-corrected chi connectivity index (χ0v) is 18.3. The van der Waals surface area contributed by atoms with Crippen molar-refractivity contribution < 1.29 is 19.1 Å². The Labute approximate surface area is 178 Å². The molecule has 2 amide bonds. The maximum atomic E-state index is 12.6. The van der Waals surface area contributed by atoms with Crippen molar-refractivity contribution in [1.29, 1.82) is 0 Å². The molecule has 0 atom stereocenters. The van der Waals surface area contributed by atoms with Gasteiger partial charge in [-0.2, -0.15) is 0 Å². The van der Waals surface area contributed by atoms with Gasteiger partial charge >= 0.3 is 0 Å². The Bertz CT molecular complexity index is 879. The van der Waals surface area contributed by atoms with E-state index in [1.54, 1.807) is 13.2 Å². The molecule has 2 aromatic rings. The average molecular weight is 513 g/mol. The van der Waals surface area contributed by atoms with Crippen LogP contribution in [-0.2, 0) is 4.79 Å². The van der Waals surface area contributed by atoms with Crippen LogP contribution in [0.15, 0.2) is 56.3 Å². The van der Waals surface area contributed by atoms with Gasteiger partial charge in [0.05, 0.1) is 27.5 Å². The van der Waals surface area contributed by atoms with Gasteiger partial charge in [-0.3, -0.25) is 14.5 Å². The molecule has 1 heterocycles. The molecule has 8 heteroatoms. The van der Waals surface area contributed by atoms with E-state index >= 15 is 0 Å². The fourth-order valence-corrected chi connectivity index (χ4v) is 4.88. The molecule has 0 unspecified atom stereocenters. The van der Waals surface area contributed by atoms with Gasteiger partial charge in [0.1, 0.15) is 18.1 Å². The summed E-state index contributed by atoms with van der Waals surface area (Å²) in [5.41, 5.74) is 0.778. The molecule has 5 nitrogen and oxygen atoms in total. The lowest BCUT2D eigenvalue weighted by molar-refractivity contribution is -0.123. The van der Waals surface area contributed by atoms with Crippen LogP contribution in [0.1, 0.15) is 5.56 Å². The molecule has 3 rings (SSSR count). The molecule has 0 radical (unpaired) electrons. The molecule has 1 aliphatic heterocycles. The summed E-state index contributed by atoms with van der Waals surface area (Å²) in [7, 11) is 1.58. The molecule has 0 spiro atoms. The largest absolute Gasteiger partial charge is 0.494 e. The summed E-state index contributed by atoms with van der Waals surface area (Å²) in [6.07, 6.45) is 1.69. The number of hydrogen-bond donors (Lipinski definition) is 0. The van der Waals surface area contributed by atoms with Gasteiger partial charge in [-0.1, -0.05) is 18.2 Å². The maximum Gasteiger partial charge on any atom is 0.293 e. The van der Waals surface area contributed by atoms with Crippen molar-refractivity contribution in [3.05, 3.63) is 61.9 Å². The molecule has 0 N–H and O–H groups in total. The van der Waals surface area contributed by atoms with Crippen LogP contribution in [0.3, 0.4) is 0 Å². The van der Waals surface area contributed by atoms with Crippen LogP contribution in [0.2, 0.25) is 0 Å². The number of amides is 2. The Morgan fingerprint density at radius 1 is 1.11 bits per heavy atom. The van der Waals surface area contributed by atoms with Gasteiger partial charge in [0.2, 0.25) is 0 Å².